The van der Waals surface area contributed by atoms with Gasteiger partial charge in [0.15, 0.2) is 0 Å². The van der Waals surface area contributed by atoms with Gasteiger partial charge in [0.05, 0.1) is 12.1 Å². The lowest BCUT2D eigenvalue weighted by Crippen LogP contribution is -2.56. The van der Waals surface area contributed by atoms with Crippen LogP contribution in [0.2, 0.25) is 0 Å². The minimum Gasteiger partial charge on any atom is -0.450 e. The number of hydrogen-bond acceptors (Lipinski definition) is 3. The van der Waals surface area contributed by atoms with E-state index in [1.807, 2.05) is 18.2 Å². The van der Waals surface area contributed by atoms with Gasteiger partial charge in [-0.15, -0.1) is 0 Å². The number of carbonyl (C=O) groups excluding carboxylic acids is 2. The van der Waals surface area contributed by atoms with Crippen LogP contribution in [0.3, 0.4) is 0 Å². The van der Waals surface area contributed by atoms with Crippen LogP contribution in [-0.2, 0) is 10.3 Å². The Labute approximate surface area is 148 Å². The first-order valence-electron chi connectivity index (χ1n) is 9.19. The third-order valence-corrected chi connectivity index (χ3v) is 5.24. The second-order valence-electron chi connectivity index (χ2n) is 6.86. The first-order chi connectivity index (χ1) is 12.1. The lowest BCUT2D eigenvalue weighted by atomic mass is 9.72. The lowest BCUT2D eigenvalue weighted by molar-refractivity contribution is 0.0953. The Bertz CT molecular complexity index is 593. The topological polar surface area (TPSA) is 70.7 Å². The predicted molar refractivity (Wildman–Crippen MR) is 95.3 cm³/mol. The van der Waals surface area contributed by atoms with Crippen molar-refractivity contribution in [1.82, 2.24) is 15.5 Å². The summed E-state index contributed by atoms with van der Waals surface area (Å²) in [6.45, 7) is 3.43. The molecule has 2 fully saturated rings. The fourth-order valence-corrected chi connectivity index (χ4v) is 3.63. The van der Waals surface area contributed by atoms with Crippen LogP contribution in [0.4, 0.5) is 9.59 Å². The van der Waals surface area contributed by atoms with Crippen molar-refractivity contribution in [2.45, 2.75) is 50.6 Å². The molecule has 6 nitrogen and oxygen atoms in total. The van der Waals surface area contributed by atoms with Crippen LogP contribution in [-0.4, -0.2) is 42.8 Å². The van der Waals surface area contributed by atoms with Crippen molar-refractivity contribution in [2.24, 2.45) is 0 Å². The molecule has 1 aromatic rings. The molecule has 2 N–H and O–H groups in total. The lowest BCUT2D eigenvalue weighted by Gasteiger charge is -2.43. The molecule has 1 aliphatic heterocycles. The van der Waals surface area contributed by atoms with E-state index >= 15 is 0 Å². The van der Waals surface area contributed by atoms with E-state index in [1.54, 1.807) is 11.8 Å². The zero-order chi connectivity index (χ0) is 17.7. The van der Waals surface area contributed by atoms with Gasteiger partial charge in [-0.1, -0.05) is 30.3 Å². The maximum absolute atomic E-state index is 12.5. The second-order valence-corrected chi connectivity index (χ2v) is 6.86. The number of piperidine rings is 1. The van der Waals surface area contributed by atoms with Gasteiger partial charge >= 0.3 is 12.1 Å². The van der Waals surface area contributed by atoms with E-state index in [0.717, 1.165) is 32.1 Å². The molecule has 6 heteroatoms. The van der Waals surface area contributed by atoms with E-state index < -0.39 is 0 Å². The summed E-state index contributed by atoms with van der Waals surface area (Å²) in [6.07, 6.45) is 4.34. The molecule has 0 atom stereocenters. The smallest absolute Gasteiger partial charge is 0.409 e. The maximum Gasteiger partial charge on any atom is 0.409 e. The van der Waals surface area contributed by atoms with Crippen LogP contribution in [0, 0.1) is 0 Å². The highest BCUT2D eigenvalue weighted by Crippen LogP contribution is 2.41. The summed E-state index contributed by atoms with van der Waals surface area (Å²) >= 11 is 0. The van der Waals surface area contributed by atoms with Crippen LogP contribution in [0.1, 0.15) is 44.6 Å². The third-order valence-electron chi connectivity index (χ3n) is 5.24. The normalized spacial score (nSPS) is 19.6. The van der Waals surface area contributed by atoms with E-state index in [2.05, 4.69) is 22.8 Å². The summed E-state index contributed by atoms with van der Waals surface area (Å²) in [6, 6.07) is 10.2. The summed E-state index contributed by atoms with van der Waals surface area (Å²) in [5.41, 5.74) is 0.949. The number of ether oxygens (including phenoxy) is 1. The van der Waals surface area contributed by atoms with Crippen molar-refractivity contribution in [3.8, 4) is 0 Å². The van der Waals surface area contributed by atoms with Gasteiger partial charge in [0, 0.05) is 19.1 Å². The quantitative estimate of drug-likeness (QED) is 0.881. The number of nitrogens with zero attached hydrogens (tertiary/aromatic N) is 1. The maximum atomic E-state index is 12.5. The summed E-state index contributed by atoms with van der Waals surface area (Å²) < 4.78 is 5.02. The molecule has 1 saturated heterocycles. The van der Waals surface area contributed by atoms with E-state index in [4.69, 9.17) is 4.74 Å². The standard InChI is InChI=1S/C19H27N3O3/c1-2-25-18(24)22-13-9-16(10-14-22)20-17(23)21-19(11-6-12-19)15-7-4-3-5-8-15/h3-5,7-8,16H,2,6,9-14H2,1H3,(H2,20,21,23). The van der Waals surface area contributed by atoms with E-state index in [-0.39, 0.29) is 23.7 Å². The van der Waals surface area contributed by atoms with Crippen molar-refractivity contribution in [3.63, 3.8) is 0 Å². The molecule has 3 rings (SSSR count). The first-order valence-corrected chi connectivity index (χ1v) is 9.19. The molecule has 0 bridgehead atoms. The van der Waals surface area contributed by atoms with Gasteiger partial charge in [-0.25, -0.2) is 9.59 Å². The molecule has 0 spiro atoms. The molecule has 2 aliphatic rings. The molecule has 136 valence electrons. The highest BCUT2D eigenvalue weighted by Gasteiger charge is 2.40. The van der Waals surface area contributed by atoms with Crippen molar-refractivity contribution >= 4 is 12.1 Å². The molecular weight excluding hydrogens is 318 g/mol. The van der Waals surface area contributed by atoms with Gasteiger partial charge in [0.25, 0.3) is 0 Å². The van der Waals surface area contributed by atoms with Crippen molar-refractivity contribution < 1.29 is 14.3 Å². The summed E-state index contributed by atoms with van der Waals surface area (Å²) in [5, 5.41) is 6.27. The largest absolute Gasteiger partial charge is 0.450 e. The average Bonchev–Trinajstić information content (AvgIpc) is 2.60. The Morgan fingerprint density at radius 3 is 2.44 bits per heavy atom. The molecule has 3 amide bonds. The van der Waals surface area contributed by atoms with Crippen LogP contribution >= 0.6 is 0 Å². The SMILES string of the molecule is CCOC(=O)N1CCC(NC(=O)NC2(c3ccccc3)CCC2)CC1. The first kappa shape index (κ1) is 17.6. The highest BCUT2D eigenvalue weighted by atomic mass is 16.6. The van der Waals surface area contributed by atoms with Crippen LogP contribution in [0.15, 0.2) is 30.3 Å². The molecular formula is C19H27N3O3. The fourth-order valence-electron chi connectivity index (χ4n) is 3.63. The Balaban J connectivity index is 1.49. The molecule has 1 aliphatic carbocycles. The zero-order valence-corrected chi connectivity index (χ0v) is 14.8. The molecule has 0 radical (unpaired) electrons. The summed E-state index contributed by atoms with van der Waals surface area (Å²) in [7, 11) is 0. The summed E-state index contributed by atoms with van der Waals surface area (Å²) in [5.74, 6) is 0. The molecule has 0 aromatic heterocycles. The number of nitrogens with one attached hydrogen (secondary N) is 2. The highest BCUT2D eigenvalue weighted by molar-refractivity contribution is 5.75. The van der Waals surface area contributed by atoms with E-state index in [1.165, 1.54) is 5.56 Å². The second kappa shape index (κ2) is 7.76. The molecule has 25 heavy (non-hydrogen) atoms. The number of rotatable bonds is 4. The Hall–Kier alpha value is -2.24. The Morgan fingerprint density at radius 2 is 1.88 bits per heavy atom. The molecule has 1 saturated carbocycles. The van der Waals surface area contributed by atoms with Gasteiger partial charge < -0.3 is 20.3 Å². The minimum atomic E-state index is -0.261. The zero-order valence-electron chi connectivity index (χ0n) is 14.8. The fraction of sp³-hybridized carbons (Fsp3) is 0.579. The number of hydrogen-bond donors (Lipinski definition) is 2. The monoisotopic (exact) mass is 345 g/mol. The summed E-state index contributed by atoms with van der Waals surface area (Å²) in [4.78, 5) is 25.9. The molecule has 1 heterocycles. The molecule has 1 aromatic carbocycles. The molecule has 0 unspecified atom stereocenters. The van der Waals surface area contributed by atoms with Crippen LogP contribution in [0.25, 0.3) is 0 Å². The number of likely N-dealkylation sites (tertiary alicyclic amines) is 1. The van der Waals surface area contributed by atoms with Crippen LogP contribution < -0.4 is 10.6 Å². The number of urea groups is 1. The van der Waals surface area contributed by atoms with Crippen molar-refractivity contribution in [2.75, 3.05) is 19.7 Å². The number of amides is 3. The van der Waals surface area contributed by atoms with Crippen molar-refractivity contribution in [1.29, 1.82) is 0 Å². The van der Waals surface area contributed by atoms with Gasteiger partial charge in [-0.2, -0.15) is 0 Å². The minimum absolute atomic E-state index is 0.0959. The number of carbonyl (C=O) groups is 2. The van der Waals surface area contributed by atoms with E-state index in [9.17, 15) is 9.59 Å². The Morgan fingerprint density at radius 1 is 1.20 bits per heavy atom. The third kappa shape index (κ3) is 4.06. The van der Waals surface area contributed by atoms with E-state index in [0.29, 0.717) is 19.7 Å². The van der Waals surface area contributed by atoms with Gasteiger partial charge in [-0.05, 0) is 44.6 Å². The van der Waals surface area contributed by atoms with Gasteiger partial charge in [-0.3, -0.25) is 0 Å². The predicted octanol–water partition coefficient (Wildman–Crippen LogP) is 2.99. The van der Waals surface area contributed by atoms with Gasteiger partial charge in [0.1, 0.15) is 0 Å². The average molecular weight is 345 g/mol. The Kier molecular flexibility index (Phi) is 5.46. The van der Waals surface area contributed by atoms with Crippen LogP contribution in [0.5, 0.6) is 0 Å². The van der Waals surface area contributed by atoms with Crippen molar-refractivity contribution in [3.05, 3.63) is 35.9 Å². The van der Waals surface area contributed by atoms with Gasteiger partial charge in [0.2, 0.25) is 0 Å². The number of benzene rings is 1.